The number of nitrogens with one attached hydrogen (secondary N) is 2. The number of benzene rings is 2. The molecule has 0 fully saturated rings. The van der Waals surface area contributed by atoms with Gasteiger partial charge in [0, 0.05) is 17.3 Å². The van der Waals surface area contributed by atoms with Gasteiger partial charge in [-0.1, -0.05) is 0 Å². The normalized spacial score (nSPS) is 16.0. The van der Waals surface area contributed by atoms with Gasteiger partial charge in [0.15, 0.2) is 9.84 Å². The summed E-state index contributed by atoms with van der Waals surface area (Å²) in [5.41, 5.74) is 0.155. The smallest absolute Gasteiger partial charge is 0.338 e. The molecular weight excluding hydrogens is 455 g/mol. The molecule has 33 heavy (non-hydrogen) atoms. The van der Waals surface area contributed by atoms with Crippen molar-refractivity contribution in [2.75, 3.05) is 26.6 Å². The van der Waals surface area contributed by atoms with Gasteiger partial charge in [-0.25, -0.2) is 22.4 Å². The average Bonchev–Trinajstić information content (AvgIpc) is 2.78. The summed E-state index contributed by atoms with van der Waals surface area (Å²) in [6, 6.07) is 7.26. The second-order valence-electron chi connectivity index (χ2n) is 6.97. The van der Waals surface area contributed by atoms with Gasteiger partial charge in [0.1, 0.15) is 17.3 Å². The fourth-order valence-electron chi connectivity index (χ4n) is 3.39. The van der Waals surface area contributed by atoms with Gasteiger partial charge >= 0.3 is 12.0 Å². The Morgan fingerprint density at radius 3 is 2.39 bits per heavy atom. The lowest BCUT2D eigenvalue weighted by molar-refractivity contribution is -0.139. The number of hydrogen-bond acceptors (Lipinski definition) is 7. The first kappa shape index (κ1) is 24.1. The quantitative estimate of drug-likeness (QED) is 0.442. The molecule has 11 heteroatoms. The molecule has 2 N–H and O–H groups in total. The van der Waals surface area contributed by atoms with Crippen LogP contribution in [0.4, 0.5) is 9.18 Å². The highest BCUT2D eigenvalue weighted by molar-refractivity contribution is 7.91. The van der Waals surface area contributed by atoms with Gasteiger partial charge in [-0.3, -0.25) is 0 Å². The number of halogens is 1. The molecule has 0 unspecified atom stereocenters. The number of carbonyl (C=O) groups excluding carboxylic acids is 2. The van der Waals surface area contributed by atoms with E-state index in [4.69, 9.17) is 14.2 Å². The summed E-state index contributed by atoms with van der Waals surface area (Å²) in [6.45, 7) is 1.63. The maximum absolute atomic E-state index is 13.3. The Morgan fingerprint density at radius 2 is 1.79 bits per heavy atom. The molecule has 1 aliphatic heterocycles. The number of urea groups is 1. The molecule has 1 heterocycles. The van der Waals surface area contributed by atoms with Crippen molar-refractivity contribution in [3.8, 4) is 11.5 Å². The zero-order valence-electron chi connectivity index (χ0n) is 18.2. The highest BCUT2D eigenvalue weighted by Crippen LogP contribution is 2.36. The van der Waals surface area contributed by atoms with E-state index in [-0.39, 0.29) is 22.8 Å². The molecule has 0 saturated carbocycles. The van der Waals surface area contributed by atoms with E-state index in [1.165, 1.54) is 14.2 Å². The first-order valence-corrected chi connectivity index (χ1v) is 11.5. The van der Waals surface area contributed by atoms with Gasteiger partial charge in [0.25, 0.3) is 0 Å². The highest BCUT2D eigenvalue weighted by Gasteiger charge is 2.37. The van der Waals surface area contributed by atoms with Crippen molar-refractivity contribution in [3.63, 3.8) is 0 Å². The van der Waals surface area contributed by atoms with E-state index in [1.807, 2.05) is 0 Å². The lowest BCUT2D eigenvalue weighted by atomic mass is 9.94. The number of carbonyl (C=O) groups is 2. The molecule has 176 valence electrons. The van der Waals surface area contributed by atoms with Gasteiger partial charge in [-0.15, -0.1) is 0 Å². The molecule has 1 aliphatic rings. The number of amides is 2. The molecule has 9 nitrogen and oxygen atoms in total. The van der Waals surface area contributed by atoms with Crippen LogP contribution in [0.1, 0.15) is 18.5 Å². The van der Waals surface area contributed by atoms with Crippen molar-refractivity contribution < 1.29 is 36.6 Å². The summed E-state index contributed by atoms with van der Waals surface area (Å²) >= 11 is 0. The Kier molecular flexibility index (Phi) is 7.22. The molecule has 0 radical (unpaired) electrons. The molecule has 0 saturated heterocycles. The predicted octanol–water partition coefficient (Wildman–Crippen LogP) is 2.49. The summed E-state index contributed by atoms with van der Waals surface area (Å²) in [5, 5.41) is 5.04. The van der Waals surface area contributed by atoms with Crippen molar-refractivity contribution >= 4 is 21.8 Å². The molecule has 0 bridgehead atoms. The number of sulfone groups is 1. The van der Waals surface area contributed by atoms with E-state index in [0.717, 1.165) is 24.3 Å². The predicted molar refractivity (Wildman–Crippen MR) is 116 cm³/mol. The van der Waals surface area contributed by atoms with E-state index in [2.05, 4.69) is 10.6 Å². The van der Waals surface area contributed by atoms with E-state index >= 15 is 0 Å². The Balaban J connectivity index is 2.14. The van der Waals surface area contributed by atoms with Crippen molar-refractivity contribution in [2.24, 2.45) is 0 Å². The van der Waals surface area contributed by atoms with Crippen molar-refractivity contribution in [3.05, 3.63) is 65.1 Å². The summed E-state index contributed by atoms with van der Waals surface area (Å²) in [7, 11) is -1.15. The van der Waals surface area contributed by atoms with Crippen LogP contribution in [-0.4, -0.2) is 47.0 Å². The lowest BCUT2D eigenvalue weighted by Crippen LogP contribution is -2.47. The standard InChI is InChI=1S/C22H23FN2O7S/c1-4-32-21(26)19-17(12-33(28,29)15-8-5-13(23)6-9-15)24-22(27)25-20(19)16-10-7-14(30-2)11-18(16)31-3/h5-11,20H,4,12H2,1-3H3,(H2,24,25,27)/t20-/m0/s1. The summed E-state index contributed by atoms with van der Waals surface area (Å²) in [4.78, 5) is 25.2. The molecule has 2 aromatic carbocycles. The SMILES string of the molecule is CCOC(=O)C1=C(CS(=O)(=O)c2ccc(F)cc2)NC(=O)N[C@H]1c1ccc(OC)cc1OC. The van der Waals surface area contributed by atoms with Crippen molar-refractivity contribution in [1.82, 2.24) is 10.6 Å². The lowest BCUT2D eigenvalue weighted by Gasteiger charge is -2.30. The summed E-state index contributed by atoms with van der Waals surface area (Å²) < 4.78 is 54.9. The number of rotatable bonds is 8. The third-order valence-corrected chi connectivity index (χ3v) is 6.57. The maximum Gasteiger partial charge on any atom is 0.338 e. The number of methoxy groups -OCH3 is 2. The fraction of sp³-hybridized carbons (Fsp3) is 0.273. The molecule has 2 aromatic rings. The van der Waals surface area contributed by atoms with Crippen LogP contribution in [0.2, 0.25) is 0 Å². The van der Waals surface area contributed by atoms with Crippen LogP contribution >= 0.6 is 0 Å². The summed E-state index contributed by atoms with van der Waals surface area (Å²) in [5.74, 6) is -1.32. The Hall–Kier alpha value is -3.60. The first-order valence-electron chi connectivity index (χ1n) is 9.88. The highest BCUT2D eigenvalue weighted by atomic mass is 32.2. The molecule has 1 atom stereocenters. The second-order valence-corrected chi connectivity index (χ2v) is 8.95. The van der Waals surface area contributed by atoms with Crippen LogP contribution < -0.4 is 20.1 Å². The average molecular weight is 478 g/mol. The summed E-state index contributed by atoms with van der Waals surface area (Å²) in [6.07, 6.45) is 0. The van der Waals surface area contributed by atoms with E-state index in [0.29, 0.717) is 17.1 Å². The van der Waals surface area contributed by atoms with E-state index < -0.39 is 39.4 Å². The molecule has 0 spiro atoms. The van der Waals surface area contributed by atoms with Crippen LogP contribution in [0.3, 0.4) is 0 Å². The van der Waals surface area contributed by atoms with Gasteiger partial charge < -0.3 is 24.8 Å². The first-order chi connectivity index (χ1) is 15.7. The third kappa shape index (κ3) is 5.25. The Morgan fingerprint density at radius 1 is 1.09 bits per heavy atom. The number of hydrogen-bond donors (Lipinski definition) is 2. The number of esters is 1. The zero-order valence-corrected chi connectivity index (χ0v) is 19.0. The van der Waals surface area contributed by atoms with Crippen LogP contribution in [-0.2, 0) is 19.4 Å². The number of ether oxygens (including phenoxy) is 3. The molecular formula is C22H23FN2O7S. The van der Waals surface area contributed by atoms with Gasteiger partial charge in [-0.2, -0.15) is 0 Å². The molecule has 0 aromatic heterocycles. The molecule has 3 rings (SSSR count). The minimum Gasteiger partial charge on any atom is -0.497 e. The third-order valence-electron chi connectivity index (χ3n) is 4.91. The van der Waals surface area contributed by atoms with Gasteiger partial charge in [0.05, 0.1) is 43.1 Å². The molecule has 2 amide bonds. The Labute approximate surface area is 190 Å². The fourth-order valence-corrected chi connectivity index (χ4v) is 4.71. The maximum atomic E-state index is 13.3. The molecule has 0 aliphatic carbocycles. The van der Waals surface area contributed by atoms with Crippen LogP contribution in [0.15, 0.2) is 58.6 Å². The van der Waals surface area contributed by atoms with Crippen LogP contribution in [0.25, 0.3) is 0 Å². The monoisotopic (exact) mass is 478 g/mol. The Bertz CT molecular complexity index is 1190. The van der Waals surface area contributed by atoms with E-state index in [9.17, 15) is 22.4 Å². The largest absolute Gasteiger partial charge is 0.497 e. The minimum atomic E-state index is -4.04. The second kappa shape index (κ2) is 9.90. The van der Waals surface area contributed by atoms with Gasteiger partial charge in [0.2, 0.25) is 0 Å². The van der Waals surface area contributed by atoms with E-state index in [1.54, 1.807) is 25.1 Å². The van der Waals surface area contributed by atoms with Gasteiger partial charge in [-0.05, 0) is 43.3 Å². The van der Waals surface area contributed by atoms with Crippen LogP contribution in [0.5, 0.6) is 11.5 Å². The topological polar surface area (TPSA) is 120 Å². The van der Waals surface area contributed by atoms with Crippen LogP contribution in [0, 0.1) is 5.82 Å². The van der Waals surface area contributed by atoms with Crippen molar-refractivity contribution in [1.29, 1.82) is 0 Å². The zero-order chi connectivity index (χ0) is 24.2. The minimum absolute atomic E-state index is 0.0285. The van der Waals surface area contributed by atoms with Crippen molar-refractivity contribution in [2.45, 2.75) is 17.9 Å².